The molecule has 3 aliphatic rings. The van der Waals surface area contributed by atoms with Crippen LogP contribution in [0.4, 0.5) is 0 Å². The molecule has 1 aromatic rings. The number of nitrogens with one attached hydrogen (secondary N) is 2. The predicted molar refractivity (Wildman–Crippen MR) is 112 cm³/mol. The lowest BCUT2D eigenvalue weighted by Crippen LogP contribution is -2.49. The van der Waals surface area contributed by atoms with Gasteiger partial charge in [-0.05, 0) is 68.8 Å². The van der Waals surface area contributed by atoms with E-state index in [1.807, 2.05) is 19.2 Å². The van der Waals surface area contributed by atoms with Crippen LogP contribution in [0.1, 0.15) is 37.7 Å². The number of aliphatic imine (C=N–C) groups is 1. The van der Waals surface area contributed by atoms with Gasteiger partial charge in [-0.1, -0.05) is 12.1 Å². The Balaban J connectivity index is 1.16. The molecule has 3 saturated heterocycles. The van der Waals surface area contributed by atoms with Gasteiger partial charge in [-0.3, -0.25) is 9.89 Å². The fraction of sp³-hybridized carbons (Fsp3) is 0.682. The summed E-state index contributed by atoms with van der Waals surface area (Å²) in [5, 5.41) is 7.13. The minimum atomic E-state index is 0.379. The van der Waals surface area contributed by atoms with Crippen LogP contribution < -0.4 is 15.4 Å². The Labute approximate surface area is 168 Å². The highest BCUT2D eigenvalue weighted by molar-refractivity contribution is 5.80. The molecule has 6 nitrogen and oxygen atoms in total. The number of guanidine groups is 1. The lowest BCUT2D eigenvalue weighted by Gasteiger charge is -2.32. The molecule has 0 aromatic heterocycles. The average molecular weight is 387 g/mol. The van der Waals surface area contributed by atoms with Gasteiger partial charge in [0.05, 0.1) is 25.4 Å². The largest absolute Gasteiger partial charge is 0.497 e. The van der Waals surface area contributed by atoms with E-state index in [-0.39, 0.29) is 0 Å². The second-order valence-corrected chi connectivity index (χ2v) is 8.38. The summed E-state index contributed by atoms with van der Waals surface area (Å²) in [7, 11) is 3.57. The van der Waals surface area contributed by atoms with E-state index in [1.54, 1.807) is 7.11 Å². The number of piperidine rings is 1. The van der Waals surface area contributed by atoms with Gasteiger partial charge in [-0.15, -0.1) is 0 Å². The summed E-state index contributed by atoms with van der Waals surface area (Å²) >= 11 is 0. The normalized spacial score (nSPS) is 28.5. The van der Waals surface area contributed by atoms with Gasteiger partial charge in [0.1, 0.15) is 5.75 Å². The maximum Gasteiger partial charge on any atom is 0.191 e. The number of hydrogen-bond donors (Lipinski definition) is 2. The third-order valence-electron chi connectivity index (χ3n) is 6.48. The van der Waals surface area contributed by atoms with Crippen molar-refractivity contribution in [3.8, 4) is 5.75 Å². The molecule has 0 amide bonds. The first-order chi connectivity index (χ1) is 13.7. The lowest BCUT2D eigenvalue weighted by molar-refractivity contribution is 0.0992. The van der Waals surface area contributed by atoms with E-state index in [9.17, 15) is 0 Å². The molecule has 0 radical (unpaired) electrons. The van der Waals surface area contributed by atoms with Gasteiger partial charge >= 0.3 is 0 Å². The first-order valence-corrected chi connectivity index (χ1v) is 10.7. The number of rotatable bonds is 6. The maximum atomic E-state index is 5.94. The summed E-state index contributed by atoms with van der Waals surface area (Å²) in [6.07, 6.45) is 6.85. The van der Waals surface area contributed by atoms with E-state index in [4.69, 9.17) is 9.47 Å². The van der Waals surface area contributed by atoms with Crippen molar-refractivity contribution in [2.45, 2.75) is 56.9 Å². The van der Waals surface area contributed by atoms with Crippen LogP contribution >= 0.6 is 0 Å². The number of fused-ring (bicyclic) bond motifs is 2. The Kier molecular flexibility index (Phi) is 6.37. The van der Waals surface area contributed by atoms with Gasteiger partial charge < -0.3 is 20.1 Å². The van der Waals surface area contributed by atoms with E-state index in [2.05, 4.69) is 32.7 Å². The fourth-order valence-corrected chi connectivity index (χ4v) is 4.74. The molecule has 6 heteroatoms. The van der Waals surface area contributed by atoms with Crippen molar-refractivity contribution in [3.63, 3.8) is 0 Å². The van der Waals surface area contributed by atoms with E-state index in [1.165, 1.54) is 31.2 Å². The van der Waals surface area contributed by atoms with Crippen molar-refractivity contribution in [3.05, 3.63) is 29.8 Å². The number of benzene rings is 1. The fourth-order valence-electron chi connectivity index (χ4n) is 4.74. The third-order valence-corrected chi connectivity index (χ3v) is 6.48. The SMILES string of the molecule is CN=C(NCC1CCN(Cc2ccc(OC)cc2)CC1)NC1CC2CCC1O2. The average Bonchev–Trinajstić information content (AvgIpc) is 3.36. The van der Waals surface area contributed by atoms with Crippen LogP contribution in [0.5, 0.6) is 5.75 Å². The number of likely N-dealkylation sites (tertiary alicyclic amines) is 1. The van der Waals surface area contributed by atoms with Crippen LogP contribution in [0.3, 0.4) is 0 Å². The predicted octanol–water partition coefficient (Wildman–Crippen LogP) is 2.39. The summed E-state index contributed by atoms with van der Waals surface area (Å²) < 4.78 is 11.2. The minimum Gasteiger partial charge on any atom is -0.497 e. The molecule has 154 valence electrons. The van der Waals surface area contributed by atoms with Crippen LogP contribution in [0.15, 0.2) is 29.3 Å². The molecule has 4 rings (SSSR count). The molecule has 2 bridgehead atoms. The standard InChI is InChI=1S/C22H34N4O2/c1-23-22(25-20-13-19-7-8-21(20)28-19)24-14-16-9-11-26(12-10-16)15-17-3-5-18(27-2)6-4-17/h3-6,16,19-21H,7-15H2,1-2H3,(H2,23,24,25). The monoisotopic (exact) mass is 386 g/mol. The Hall–Kier alpha value is -1.79. The Morgan fingerprint density at radius 1 is 1.18 bits per heavy atom. The third kappa shape index (κ3) is 4.78. The smallest absolute Gasteiger partial charge is 0.191 e. The first kappa shape index (κ1) is 19.5. The molecule has 1 aromatic carbocycles. The summed E-state index contributed by atoms with van der Waals surface area (Å²) in [6, 6.07) is 8.86. The highest BCUT2D eigenvalue weighted by atomic mass is 16.5. The molecular weight excluding hydrogens is 352 g/mol. The van der Waals surface area contributed by atoms with E-state index in [0.717, 1.165) is 44.3 Å². The molecule has 3 aliphatic heterocycles. The molecule has 3 fully saturated rings. The molecule has 28 heavy (non-hydrogen) atoms. The van der Waals surface area contributed by atoms with Crippen molar-refractivity contribution >= 4 is 5.96 Å². The zero-order valence-electron chi connectivity index (χ0n) is 17.2. The summed E-state index contributed by atoms with van der Waals surface area (Å²) in [4.78, 5) is 6.98. The van der Waals surface area contributed by atoms with Gasteiger partial charge in [0, 0.05) is 20.1 Å². The molecule has 2 N–H and O–H groups in total. The topological polar surface area (TPSA) is 58.1 Å². The highest BCUT2D eigenvalue weighted by Crippen LogP contribution is 2.34. The van der Waals surface area contributed by atoms with Crippen LogP contribution in [0, 0.1) is 5.92 Å². The Bertz CT molecular complexity index is 655. The van der Waals surface area contributed by atoms with Crippen LogP contribution in [0.2, 0.25) is 0 Å². The van der Waals surface area contributed by atoms with Gasteiger partial charge in [0.2, 0.25) is 0 Å². The van der Waals surface area contributed by atoms with Crippen molar-refractivity contribution in [1.29, 1.82) is 0 Å². The van der Waals surface area contributed by atoms with E-state index in [0.29, 0.717) is 24.2 Å². The van der Waals surface area contributed by atoms with Crippen molar-refractivity contribution in [1.82, 2.24) is 15.5 Å². The highest BCUT2D eigenvalue weighted by Gasteiger charge is 2.41. The lowest BCUT2D eigenvalue weighted by atomic mass is 9.95. The molecule has 0 aliphatic carbocycles. The van der Waals surface area contributed by atoms with Crippen molar-refractivity contribution < 1.29 is 9.47 Å². The van der Waals surface area contributed by atoms with Crippen LogP contribution in [0.25, 0.3) is 0 Å². The summed E-state index contributed by atoms with van der Waals surface area (Å²) in [5.41, 5.74) is 1.36. The van der Waals surface area contributed by atoms with Gasteiger partial charge in [0.15, 0.2) is 5.96 Å². The van der Waals surface area contributed by atoms with Crippen LogP contribution in [-0.4, -0.2) is 62.9 Å². The quantitative estimate of drug-likeness (QED) is 0.581. The summed E-state index contributed by atoms with van der Waals surface area (Å²) in [5.74, 6) is 2.57. The van der Waals surface area contributed by atoms with Gasteiger partial charge in [-0.25, -0.2) is 0 Å². The summed E-state index contributed by atoms with van der Waals surface area (Å²) in [6.45, 7) is 4.34. The zero-order chi connectivity index (χ0) is 19.3. The van der Waals surface area contributed by atoms with Crippen molar-refractivity contribution in [2.75, 3.05) is 33.8 Å². The minimum absolute atomic E-state index is 0.379. The zero-order valence-corrected chi connectivity index (χ0v) is 17.2. The van der Waals surface area contributed by atoms with E-state index < -0.39 is 0 Å². The van der Waals surface area contributed by atoms with Gasteiger partial charge in [-0.2, -0.15) is 0 Å². The number of methoxy groups -OCH3 is 1. The number of nitrogens with zero attached hydrogens (tertiary/aromatic N) is 2. The number of hydrogen-bond acceptors (Lipinski definition) is 4. The van der Waals surface area contributed by atoms with Gasteiger partial charge in [0.25, 0.3) is 0 Å². The number of ether oxygens (including phenoxy) is 2. The van der Waals surface area contributed by atoms with E-state index >= 15 is 0 Å². The molecule has 0 saturated carbocycles. The van der Waals surface area contributed by atoms with Crippen LogP contribution in [-0.2, 0) is 11.3 Å². The van der Waals surface area contributed by atoms with Crippen molar-refractivity contribution in [2.24, 2.45) is 10.9 Å². The molecule has 3 heterocycles. The maximum absolute atomic E-state index is 5.94. The Morgan fingerprint density at radius 3 is 2.57 bits per heavy atom. The Morgan fingerprint density at radius 2 is 1.96 bits per heavy atom. The molecule has 3 atom stereocenters. The second-order valence-electron chi connectivity index (χ2n) is 8.38. The molecule has 3 unspecified atom stereocenters. The first-order valence-electron chi connectivity index (χ1n) is 10.7. The molecular formula is C22H34N4O2. The second kappa shape index (κ2) is 9.14. The molecule has 0 spiro atoms.